The highest BCUT2D eigenvalue weighted by Crippen LogP contribution is 2.44. The van der Waals surface area contributed by atoms with Gasteiger partial charge in [0.1, 0.15) is 12.2 Å². The molecule has 1 unspecified atom stereocenters. The number of carbonyl (C=O) groups excluding carboxylic acids is 3. The molecule has 0 spiro atoms. The summed E-state index contributed by atoms with van der Waals surface area (Å²) in [4.78, 5) is 43.8. The van der Waals surface area contributed by atoms with Crippen LogP contribution in [0.25, 0.3) is 0 Å². The Labute approximate surface area is 180 Å². The summed E-state index contributed by atoms with van der Waals surface area (Å²) in [7, 11) is 4.72. The van der Waals surface area contributed by atoms with Gasteiger partial charge in [-0.3, -0.25) is 19.3 Å². The van der Waals surface area contributed by atoms with Crippen molar-refractivity contribution in [1.82, 2.24) is 4.90 Å². The number of anilines is 2. The number of methoxy groups -OCH3 is 2. The molecule has 0 aromatic heterocycles. The largest absolute Gasteiger partial charge is 0.493 e. The summed E-state index contributed by atoms with van der Waals surface area (Å²) in [6, 6.07) is 12.2. The number of benzene rings is 2. The lowest BCUT2D eigenvalue weighted by Crippen LogP contribution is -2.64. The SMILES string of the molecule is COc1ccc(N(C)C(=O)CN2C(=O)c3ccccc3N3C(=O)CCC23C)cc1OC. The minimum absolute atomic E-state index is 0.0480. The summed E-state index contributed by atoms with van der Waals surface area (Å²) in [6.07, 6.45) is 0.799. The zero-order valence-electron chi connectivity index (χ0n) is 18.0. The summed E-state index contributed by atoms with van der Waals surface area (Å²) >= 11 is 0. The van der Waals surface area contributed by atoms with E-state index in [1.165, 1.54) is 16.9 Å². The number of likely N-dealkylation sites (N-methyl/N-ethyl adjacent to an activating group) is 1. The zero-order valence-corrected chi connectivity index (χ0v) is 18.0. The van der Waals surface area contributed by atoms with Crippen molar-refractivity contribution in [2.24, 2.45) is 0 Å². The maximum atomic E-state index is 13.3. The van der Waals surface area contributed by atoms with Crippen LogP contribution in [-0.4, -0.2) is 56.1 Å². The molecular formula is C23H25N3O5. The van der Waals surface area contributed by atoms with Gasteiger partial charge in [0.15, 0.2) is 11.5 Å². The van der Waals surface area contributed by atoms with Gasteiger partial charge in [-0.15, -0.1) is 0 Å². The third kappa shape index (κ3) is 3.19. The monoisotopic (exact) mass is 423 g/mol. The standard InChI is InChI=1S/C23H25N3O5/c1-23-12-11-20(27)26(23)17-8-6-5-7-16(17)22(29)25(23)14-21(28)24(2)15-9-10-18(30-3)19(13-15)31-4/h5-10,13H,11-12,14H2,1-4H3. The minimum Gasteiger partial charge on any atom is -0.493 e. The number of nitrogens with zero attached hydrogens (tertiary/aromatic N) is 3. The molecule has 2 aliphatic heterocycles. The average molecular weight is 423 g/mol. The molecule has 2 heterocycles. The predicted molar refractivity (Wildman–Crippen MR) is 116 cm³/mol. The maximum absolute atomic E-state index is 13.3. The van der Waals surface area contributed by atoms with Gasteiger partial charge in [0.25, 0.3) is 5.91 Å². The molecule has 0 N–H and O–H groups in total. The van der Waals surface area contributed by atoms with E-state index in [9.17, 15) is 14.4 Å². The van der Waals surface area contributed by atoms with Crippen LogP contribution >= 0.6 is 0 Å². The second-order valence-corrected chi connectivity index (χ2v) is 7.85. The number of carbonyl (C=O) groups is 3. The first-order chi connectivity index (χ1) is 14.8. The van der Waals surface area contributed by atoms with E-state index in [1.54, 1.807) is 55.5 Å². The Morgan fingerprint density at radius 2 is 1.81 bits per heavy atom. The first-order valence-electron chi connectivity index (χ1n) is 10.0. The fourth-order valence-electron chi connectivity index (χ4n) is 4.36. The molecule has 31 heavy (non-hydrogen) atoms. The molecule has 1 fully saturated rings. The zero-order chi connectivity index (χ0) is 22.3. The van der Waals surface area contributed by atoms with E-state index in [1.807, 2.05) is 13.0 Å². The van der Waals surface area contributed by atoms with Gasteiger partial charge in [0, 0.05) is 25.2 Å². The lowest BCUT2D eigenvalue weighted by atomic mass is 9.98. The normalized spacial score (nSPS) is 19.7. The molecule has 2 aromatic carbocycles. The molecule has 0 aliphatic carbocycles. The average Bonchev–Trinajstić information content (AvgIpc) is 3.10. The van der Waals surface area contributed by atoms with Crippen LogP contribution in [0, 0.1) is 0 Å². The number of amides is 3. The van der Waals surface area contributed by atoms with Crippen LogP contribution in [0.3, 0.4) is 0 Å². The van der Waals surface area contributed by atoms with Crippen molar-refractivity contribution in [1.29, 1.82) is 0 Å². The van der Waals surface area contributed by atoms with Crippen molar-refractivity contribution < 1.29 is 23.9 Å². The number of ether oxygens (including phenoxy) is 2. The Morgan fingerprint density at radius 1 is 1.10 bits per heavy atom. The van der Waals surface area contributed by atoms with Gasteiger partial charge in [-0.1, -0.05) is 12.1 Å². The second kappa shape index (κ2) is 7.61. The van der Waals surface area contributed by atoms with Gasteiger partial charge in [-0.05, 0) is 37.6 Å². The fraction of sp³-hybridized carbons (Fsp3) is 0.348. The van der Waals surface area contributed by atoms with Crippen LogP contribution in [0.2, 0.25) is 0 Å². The van der Waals surface area contributed by atoms with Crippen LogP contribution < -0.4 is 19.3 Å². The van der Waals surface area contributed by atoms with Gasteiger partial charge in [0.2, 0.25) is 11.8 Å². The quantitative estimate of drug-likeness (QED) is 0.739. The Bertz CT molecular complexity index is 1070. The van der Waals surface area contributed by atoms with Crippen LogP contribution in [0.15, 0.2) is 42.5 Å². The Kier molecular flexibility index (Phi) is 5.08. The van der Waals surface area contributed by atoms with Gasteiger partial charge < -0.3 is 19.3 Å². The molecule has 1 atom stereocenters. The van der Waals surface area contributed by atoms with Crippen molar-refractivity contribution in [3.8, 4) is 11.5 Å². The third-order valence-corrected chi connectivity index (χ3v) is 6.17. The molecule has 0 radical (unpaired) electrons. The maximum Gasteiger partial charge on any atom is 0.258 e. The summed E-state index contributed by atoms with van der Waals surface area (Å²) in [5.41, 5.74) is 0.764. The summed E-state index contributed by atoms with van der Waals surface area (Å²) < 4.78 is 10.6. The van der Waals surface area contributed by atoms with Gasteiger partial charge in [-0.2, -0.15) is 0 Å². The van der Waals surface area contributed by atoms with E-state index >= 15 is 0 Å². The van der Waals surface area contributed by atoms with Crippen LogP contribution in [0.1, 0.15) is 30.1 Å². The molecule has 8 heteroatoms. The number of hydrogen-bond donors (Lipinski definition) is 0. The molecule has 1 saturated heterocycles. The molecule has 0 bridgehead atoms. The molecule has 8 nitrogen and oxygen atoms in total. The van der Waals surface area contributed by atoms with Crippen LogP contribution in [0.5, 0.6) is 11.5 Å². The Balaban J connectivity index is 1.65. The van der Waals surface area contributed by atoms with E-state index in [0.29, 0.717) is 41.3 Å². The summed E-state index contributed by atoms with van der Waals surface area (Å²) in [6.45, 7) is 1.69. The lowest BCUT2D eigenvalue weighted by molar-refractivity contribution is -0.121. The molecule has 0 saturated carbocycles. The molecule has 4 rings (SSSR count). The van der Waals surface area contributed by atoms with E-state index in [4.69, 9.17) is 9.47 Å². The molecular weight excluding hydrogens is 398 g/mol. The van der Waals surface area contributed by atoms with Crippen molar-refractivity contribution >= 4 is 29.1 Å². The number of fused-ring (bicyclic) bond motifs is 3. The van der Waals surface area contributed by atoms with Crippen molar-refractivity contribution in [2.45, 2.75) is 25.4 Å². The smallest absolute Gasteiger partial charge is 0.258 e. The van der Waals surface area contributed by atoms with E-state index in [2.05, 4.69) is 0 Å². The second-order valence-electron chi connectivity index (χ2n) is 7.85. The van der Waals surface area contributed by atoms with Gasteiger partial charge >= 0.3 is 0 Å². The van der Waals surface area contributed by atoms with E-state index in [0.717, 1.165) is 0 Å². The number of para-hydroxylation sites is 1. The van der Waals surface area contributed by atoms with E-state index < -0.39 is 5.66 Å². The first kappa shape index (κ1) is 20.7. The molecule has 3 amide bonds. The van der Waals surface area contributed by atoms with Gasteiger partial charge in [0.05, 0.1) is 25.5 Å². The number of rotatable bonds is 5. The highest BCUT2D eigenvalue weighted by atomic mass is 16.5. The third-order valence-electron chi connectivity index (χ3n) is 6.17. The first-order valence-corrected chi connectivity index (χ1v) is 10.0. The fourth-order valence-corrected chi connectivity index (χ4v) is 4.36. The summed E-state index contributed by atoms with van der Waals surface area (Å²) in [5.74, 6) is 0.483. The Morgan fingerprint density at radius 3 is 2.52 bits per heavy atom. The summed E-state index contributed by atoms with van der Waals surface area (Å²) in [5, 5.41) is 0. The highest BCUT2D eigenvalue weighted by Gasteiger charge is 2.53. The molecule has 2 aromatic rings. The predicted octanol–water partition coefficient (Wildman–Crippen LogP) is 2.67. The highest BCUT2D eigenvalue weighted by molar-refractivity contribution is 6.11. The number of hydrogen-bond acceptors (Lipinski definition) is 5. The van der Waals surface area contributed by atoms with Crippen molar-refractivity contribution in [3.63, 3.8) is 0 Å². The molecule has 2 aliphatic rings. The minimum atomic E-state index is -0.878. The van der Waals surface area contributed by atoms with Crippen LogP contribution in [-0.2, 0) is 9.59 Å². The van der Waals surface area contributed by atoms with Crippen molar-refractivity contribution in [3.05, 3.63) is 48.0 Å². The topological polar surface area (TPSA) is 79.4 Å². The van der Waals surface area contributed by atoms with E-state index in [-0.39, 0.29) is 24.3 Å². The lowest BCUT2D eigenvalue weighted by Gasteiger charge is -2.48. The van der Waals surface area contributed by atoms with Crippen molar-refractivity contribution in [2.75, 3.05) is 37.6 Å². The Hall–Kier alpha value is -3.55. The van der Waals surface area contributed by atoms with Crippen LogP contribution in [0.4, 0.5) is 11.4 Å². The van der Waals surface area contributed by atoms with Gasteiger partial charge in [-0.25, -0.2) is 0 Å². The molecule has 162 valence electrons.